The summed E-state index contributed by atoms with van der Waals surface area (Å²) in [5, 5.41) is 2.95. The molecule has 1 heterocycles. The van der Waals surface area contributed by atoms with Crippen molar-refractivity contribution < 1.29 is 14.3 Å². The van der Waals surface area contributed by atoms with Crippen LogP contribution in [0.15, 0.2) is 54.6 Å². The zero-order valence-electron chi connectivity index (χ0n) is 15.0. The van der Waals surface area contributed by atoms with Crippen molar-refractivity contribution in [1.82, 2.24) is 0 Å². The summed E-state index contributed by atoms with van der Waals surface area (Å²) < 4.78 is 4.96. The normalized spacial score (nSPS) is 14.8. The Bertz CT molecular complexity index is 761. The summed E-state index contributed by atoms with van der Waals surface area (Å²) in [6, 6.07) is 17.6. The predicted octanol–water partition coefficient (Wildman–Crippen LogP) is 4.24. The Morgan fingerprint density at radius 2 is 2.00 bits per heavy atom. The van der Waals surface area contributed by atoms with Crippen molar-refractivity contribution in [1.29, 1.82) is 0 Å². The summed E-state index contributed by atoms with van der Waals surface area (Å²) in [5.41, 5.74) is 2.73. The van der Waals surface area contributed by atoms with E-state index in [1.165, 1.54) is 5.56 Å². The van der Waals surface area contributed by atoms with E-state index in [1.807, 2.05) is 43.3 Å². The molecular weight excluding hydrogens is 328 g/mol. The molecule has 3 rings (SSSR count). The van der Waals surface area contributed by atoms with Crippen LogP contribution in [0.5, 0.6) is 0 Å². The van der Waals surface area contributed by atoms with Gasteiger partial charge in [0.2, 0.25) is 5.91 Å². The van der Waals surface area contributed by atoms with Crippen molar-refractivity contribution in [2.75, 3.05) is 23.4 Å². The lowest BCUT2D eigenvalue weighted by molar-refractivity contribution is -0.119. The van der Waals surface area contributed by atoms with Crippen LogP contribution in [0.1, 0.15) is 25.3 Å². The largest absolute Gasteiger partial charge is 0.447 e. The maximum atomic E-state index is 12.4. The summed E-state index contributed by atoms with van der Waals surface area (Å²) in [4.78, 5) is 25.7. The molecule has 0 radical (unpaired) electrons. The minimum absolute atomic E-state index is 0.000731. The van der Waals surface area contributed by atoms with Crippen LogP contribution in [-0.2, 0) is 16.0 Å². The van der Waals surface area contributed by atoms with Crippen molar-refractivity contribution in [3.05, 3.63) is 60.2 Å². The molecular formula is C21H24N2O3. The van der Waals surface area contributed by atoms with Gasteiger partial charge < -0.3 is 10.1 Å². The third-order valence-electron chi connectivity index (χ3n) is 4.58. The van der Waals surface area contributed by atoms with Gasteiger partial charge in [0.25, 0.3) is 0 Å². The molecule has 0 spiro atoms. The second kappa shape index (κ2) is 8.52. The molecule has 0 aromatic heterocycles. The van der Waals surface area contributed by atoms with Crippen LogP contribution in [-0.4, -0.2) is 25.2 Å². The standard InChI is InChI=1S/C21H24N2O3/c1-16(7-5-10-17-8-3-2-4-9-17)20(24)22-18-11-6-12-19(15-18)23-13-14-26-21(23)25/h2-4,6,8-9,11-12,15-16H,5,7,10,13-14H2,1H3,(H,22,24)/t16-/m0/s1. The first kappa shape index (κ1) is 18.0. The molecule has 0 bridgehead atoms. The molecule has 0 saturated carbocycles. The summed E-state index contributed by atoms with van der Waals surface area (Å²) in [6.07, 6.45) is 2.44. The van der Waals surface area contributed by atoms with Gasteiger partial charge in [0.05, 0.1) is 6.54 Å². The Balaban J connectivity index is 1.51. The molecule has 26 heavy (non-hydrogen) atoms. The molecule has 1 aliphatic rings. The fourth-order valence-corrected chi connectivity index (χ4v) is 3.03. The molecule has 2 amide bonds. The number of benzene rings is 2. The molecule has 0 aliphatic carbocycles. The lowest BCUT2D eigenvalue weighted by atomic mass is 10.0. The smallest absolute Gasteiger partial charge is 0.414 e. The van der Waals surface area contributed by atoms with E-state index in [-0.39, 0.29) is 17.9 Å². The molecule has 2 aromatic carbocycles. The highest BCUT2D eigenvalue weighted by Gasteiger charge is 2.23. The maximum absolute atomic E-state index is 12.4. The number of rotatable bonds is 7. The Labute approximate surface area is 154 Å². The van der Waals surface area contributed by atoms with Crippen LogP contribution >= 0.6 is 0 Å². The third-order valence-corrected chi connectivity index (χ3v) is 4.58. The van der Waals surface area contributed by atoms with E-state index in [1.54, 1.807) is 11.0 Å². The van der Waals surface area contributed by atoms with Crippen molar-refractivity contribution >= 4 is 23.4 Å². The van der Waals surface area contributed by atoms with Crippen LogP contribution in [0.2, 0.25) is 0 Å². The number of amides is 2. The molecule has 1 aliphatic heterocycles. The van der Waals surface area contributed by atoms with Crippen molar-refractivity contribution in [2.24, 2.45) is 5.92 Å². The number of cyclic esters (lactones) is 1. The lowest BCUT2D eigenvalue weighted by Gasteiger charge is -2.16. The van der Waals surface area contributed by atoms with Gasteiger partial charge in [-0.2, -0.15) is 0 Å². The first-order chi connectivity index (χ1) is 12.6. The van der Waals surface area contributed by atoms with Gasteiger partial charge in [-0.1, -0.05) is 43.3 Å². The summed E-state index contributed by atoms with van der Waals surface area (Å²) in [5.74, 6) is -0.0710. The van der Waals surface area contributed by atoms with Crippen molar-refractivity contribution in [2.45, 2.75) is 26.2 Å². The number of hydrogen-bond donors (Lipinski definition) is 1. The molecule has 1 N–H and O–H groups in total. The van der Waals surface area contributed by atoms with Gasteiger partial charge in [0, 0.05) is 17.3 Å². The molecule has 2 aromatic rings. The van der Waals surface area contributed by atoms with E-state index in [4.69, 9.17) is 4.74 Å². The molecule has 1 atom stereocenters. The van der Waals surface area contributed by atoms with E-state index < -0.39 is 0 Å². The number of hydrogen-bond acceptors (Lipinski definition) is 3. The van der Waals surface area contributed by atoms with Crippen molar-refractivity contribution in [3.63, 3.8) is 0 Å². The zero-order chi connectivity index (χ0) is 18.4. The van der Waals surface area contributed by atoms with Gasteiger partial charge in [0.1, 0.15) is 6.61 Å². The minimum atomic E-state index is -0.345. The third kappa shape index (κ3) is 4.63. The van der Waals surface area contributed by atoms with Crippen LogP contribution in [0, 0.1) is 5.92 Å². The van der Waals surface area contributed by atoms with E-state index in [0.717, 1.165) is 24.9 Å². The fourth-order valence-electron chi connectivity index (χ4n) is 3.03. The molecule has 5 nitrogen and oxygen atoms in total. The Morgan fingerprint density at radius 1 is 1.19 bits per heavy atom. The Kier molecular flexibility index (Phi) is 5.89. The first-order valence-electron chi connectivity index (χ1n) is 9.02. The van der Waals surface area contributed by atoms with Gasteiger partial charge in [-0.15, -0.1) is 0 Å². The van der Waals surface area contributed by atoms with Gasteiger partial charge >= 0.3 is 6.09 Å². The van der Waals surface area contributed by atoms with Crippen LogP contribution < -0.4 is 10.2 Å². The SMILES string of the molecule is C[C@@H](CCCc1ccccc1)C(=O)Nc1cccc(N2CCOC2=O)c1. The number of aryl methyl sites for hydroxylation is 1. The highest BCUT2D eigenvalue weighted by atomic mass is 16.6. The number of anilines is 2. The molecule has 1 fully saturated rings. The van der Waals surface area contributed by atoms with Gasteiger partial charge in [-0.3, -0.25) is 9.69 Å². The van der Waals surface area contributed by atoms with Gasteiger partial charge in [-0.25, -0.2) is 4.79 Å². The monoisotopic (exact) mass is 352 g/mol. The number of carbonyl (C=O) groups is 2. The highest BCUT2D eigenvalue weighted by Crippen LogP contribution is 2.23. The predicted molar refractivity (Wildman–Crippen MR) is 102 cm³/mol. The van der Waals surface area contributed by atoms with Crippen LogP contribution in [0.3, 0.4) is 0 Å². The minimum Gasteiger partial charge on any atom is -0.447 e. The Morgan fingerprint density at radius 3 is 2.73 bits per heavy atom. The molecule has 0 unspecified atom stereocenters. The fraction of sp³-hybridized carbons (Fsp3) is 0.333. The highest BCUT2D eigenvalue weighted by molar-refractivity contribution is 5.94. The van der Waals surface area contributed by atoms with E-state index in [0.29, 0.717) is 18.8 Å². The van der Waals surface area contributed by atoms with E-state index in [9.17, 15) is 9.59 Å². The van der Waals surface area contributed by atoms with Crippen LogP contribution in [0.25, 0.3) is 0 Å². The molecule has 1 saturated heterocycles. The average Bonchev–Trinajstić information content (AvgIpc) is 3.08. The summed E-state index contributed by atoms with van der Waals surface area (Å²) in [7, 11) is 0. The van der Waals surface area contributed by atoms with Crippen LogP contribution in [0.4, 0.5) is 16.2 Å². The van der Waals surface area contributed by atoms with E-state index in [2.05, 4.69) is 17.4 Å². The van der Waals surface area contributed by atoms with Gasteiger partial charge in [0.15, 0.2) is 0 Å². The summed E-state index contributed by atoms with van der Waals surface area (Å²) in [6.45, 7) is 2.88. The summed E-state index contributed by atoms with van der Waals surface area (Å²) >= 11 is 0. The van der Waals surface area contributed by atoms with Gasteiger partial charge in [-0.05, 0) is 43.0 Å². The Hall–Kier alpha value is -2.82. The maximum Gasteiger partial charge on any atom is 0.414 e. The number of nitrogens with zero attached hydrogens (tertiary/aromatic N) is 1. The number of carbonyl (C=O) groups excluding carboxylic acids is 2. The molecule has 136 valence electrons. The second-order valence-corrected chi connectivity index (χ2v) is 6.58. The number of ether oxygens (including phenoxy) is 1. The van der Waals surface area contributed by atoms with E-state index >= 15 is 0 Å². The topological polar surface area (TPSA) is 58.6 Å². The zero-order valence-corrected chi connectivity index (χ0v) is 15.0. The quantitative estimate of drug-likeness (QED) is 0.811. The average molecular weight is 352 g/mol. The number of nitrogens with one attached hydrogen (secondary N) is 1. The first-order valence-corrected chi connectivity index (χ1v) is 9.02. The van der Waals surface area contributed by atoms with Crippen molar-refractivity contribution in [3.8, 4) is 0 Å². The molecule has 5 heteroatoms. The second-order valence-electron chi connectivity index (χ2n) is 6.58. The lowest BCUT2D eigenvalue weighted by Crippen LogP contribution is -2.24.